The summed E-state index contributed by atoms with van der Waals surface area (Å²) in [7, 11) is 0. The van der Waals surface area contributed by atoms with Gasteiger partial charge in [-0.05, 0) is 25.7 Å². The summed E-state index contributed by atoms with van der Waals surface area (Å²) in [5.74, 6) is 0.727. The molecule has 0 aromatic rings. The molecule has 5 nitrogen and oxygen atoms in total. The molecule has 0 aromatic heterocycles. The molecule has 1 amide bonds. The highest BCUT2D eigenvalue weighted by Gasteiger charge is 2.39. The van der Waals surface area contributed by atoms with Gasteiger partial charge in [-0.1, -0.05) is 5.16 Å². The molecule has 0 saturated heterocycles. The fraction of sp³-hybridized carbons (Fsp3) is 0.800. The number of hydrogen-bond acceptors (Lipinski definition) is 3. The van der Waals surface area contributed by atoms with Gasteiger partial charge in [0, 0.05) is 24.9 Å². The number of carbonyl (C=O) groups excluding carboxylic acids is 1. The second-order valence-corrected chi connectivity index (χ2v) is 4.38. The highest BCUT2D eigenvalue weighted by molar-refractivity contribution is 5.83. The minimum atomic E-state index is 0.198. The second-order valence-electron chi connectivity index (χ2n) is 4.38. The predicted molar refractivity (Wildman–Crippen MR) is 55.5 cm³/mol. The Morgan fingerprint density at radius 1 is 1.40 bits per heavy atom. The first-order valence-electron chi connectivity index (χ1n) is 5.49. The van der Waals surface area contributed by atoms with Gasteiger partial charge in [-0.2, -0.15) is 0 Å². The molecular formula is C10H17N3O2. The number of nitrogens with two attached hydrogens (primary N) is 1. The third-order valence-electron chi connectivity index (χ3n) is 2.93. The molecule has 2 aliphatic carbocycles. The van der Waals surface area contributed by atoms with E-state index in [1.165, 1.54) is 0 Å². The number of carbonyl (C=O) groups is 1. The van der Waals surface area contributed by atoms with Crippen molar-refractivity contribution >= 4 is 11.7 Å². The van der Waals surface area contributed by atoms with Gasteiger partial charge in [0.2, 0.25) is 5.91 Å². The SMILES string of the molecule is NC(CCN(C(=O)C1CC1)C1CC1)=NO. The lowest BCUT2D eigenvalue weighted by atomic mass is 10.3. The van der Waals surface area contributed by atoms with E-state index in [4.69, 9.17) is 10.9 Å². The Kier molecular flexibility index (Phi) is 2.79. The van der Waals surface area contributed by atoms with E-state index in [1.807, 2.05) is 4.90 Å². The van der Waals surface area contributed by atoms with Gasteiger partial charge in [0.1, 0.15) is 5.84 Å². The third-order valence-corrected chi connectivity index (χ3v) is 2.93. The fourth-order valence-corrected chi connectivity index (χ4v) is 1.71. The van der Waals surface area contributed by atoms with Crippen LogP contribution in [0.2, 0.25) is 0 Å². The van der Waals surface area contributed by atoms with E-state index < -0.39 is 0 Å². The quantitative estimate of drug-likeness (QED) is 0.301. The van der Waals surface area contributed by atoms with Crippen molar-refractivity contribution < 1.29 is 10.0 Å². The van der Waals surface area contributed by atoms with Crippen LogP contribution in [0.4, 0.5) is 0 Å². The summed E-state index contributed by atoms with van der Waals surface area (Å²) in [4.78, 5) is 13.8. The number of amidine groups is 1. The van der Waals surface area contributed by atoms with Gasteiger partial charge >= 0.3 is 0 Å². The van der Waals surface area contributed by atoms with E-state index in [9.17, 15) is 4.79 Å². The maximum Gasteiger partial charge on any atom is 0.225 e. The Bertz CT molecular complexity index is 282. The van der Waals surface area contributed by atoms with Crippen molar-refractivity contribution in [2.75, 3.05) is 6.54 Å². The van der Waals surface area contributed by atoms with Crippen LogP contribution in [0.25, 0.3) is 0 Å². The van der Waals surface area contributed by atoms with Crippen LogP contribution in [0.15, 0.2) is 5.16 Å². The molecule has 0 bridgehead atoms. The molecule has 0 radical (unpaired) electrons. The smallest absolute Gasteiger partial charge is 0.225 e. The number of hydrogen-bond donors (Lipinski definition) is 2. The third kappa shape index (κ3) is 2.61. The van der Waals surface area contributed by atoms with E-state index >= 15 is 0 Å². The summed E-state index contributed by atoms with van der Waals surface area (Å²) in [5, 5.41) is 11.3. The summed E-state index contributed by atoms with van der Waals surface area (Å²) in [6, 6.07) is 0.421. The van der Waals surface area contributed by atoms with Crippen molar-refractivity contribution in [1.29, 1.82) is 0 Å². The molecule has 2 fully saturated rings. The highest BCUT2D eigenvalue weighted by Crippen LogP contribution is 2.35. The molecule has 3 N–H and O–H groups in total. The average molecular weight is 211 g/mol. The standard InChI is InChI=1S/C10H17N3O2/c11-9(12-15)5-6-13(8-3-4-8)10(14)7-1-2-7/h7-8,15H,1-6H2,(H2,11,12). The molecule has 0 aromatic carbocycles. The molecule has 0 unspecified atom stereocenters. The first-order chi connectivity index (χ1) is 7.22. The molecule has 15 heavy (non-hydrogen) atoms. The molecule has 0 spiro atoms. The Morgan fingerprint density at radius 2 is 2.07 bits per heavy atom. The molecule has 0 aliphatic heterocycles. The van der Waals surface area contributed by atoms with Crippen LogP contribution >= 0.6 is 0 Å². The lowest BCUT2D eigenvalue weighted by Gasteiger charge is -2.21. The molecular weight excluding hydrogens is 194 g/mol. The van der Waals surface area contributed by atoms with Crippen molar-refractivity contribution in [3.8, 4) is 0 Å². The summed E-state index contributed by atoms with van der Waals surface area (Å²) >= 11 is 0. The number of rotatable bonds is 5. The first-order valence-corrected chi connectivity index (χ1v) is 5.49. The van der Waals surface area contributed by atoms with Crippen LogP contribution in [0, 0.1) is 5.92 Å². The van der Waals surface area contributed by atoms with Crippen LogP contribution in [-0.2, 0) is 4.79 Å². The molecule has 2 saturated carbocycles. The van der Waals surface area contributed by atoms with E-state index in [0.717, 1.165) is 25.7 Å². The van der Waals surface area contributed by atoms with Crippen LogP contribution < -0.4 is 5.73 Å². The van der Waals surface area contributed by atoms with Crippen molar-refractivity contribution in [3.63, 3.8) is 0 Å². The lowest BCUT2D eigenvalue weighted by Crippen LogP contribution is -2.36. The monoisotopic (exact) mass is 211 g/mol. The van der Waals surface area contributed by atoms with Crippen LogP contribution in [-0.4, -0.2) is 34.4 Å². The van der Waals surface area contributed by atoms with Crippen LogP contribution in [0.1, 0.15) is 32.1 Å². The van der Waals surface area contributed by atoms with Crippen LogP contribution in [0.3, 0.4) is 0 Å². The van der Waals surface area contributed by atoms with Crippen molar-refractivity contribution in [3.05, 3.63) is 0 Å². The van der Waals surface area contributed by atoms with Gasteiger partial charge < -0.3 is 15.8 Å². The Balaban J connectivity index is 1.85. The average Bonchev–Trinajstić information content (AvgIpc) is 3.06. The predicted octanol–water partition coefficient (Wildman–Crippen LogP) is 0.524. The molecule has 84 valence electrons. The van der Waals surface area contributed by atoms with E-state index in [0.29, 0.717) is 19.0 Å². The Hall–Kier alpha value is -1.26. The Morgan fingerprint density at radius 3 is 2.53 bits per heavy atom. The zero-order chi connectivity index (χ0) is 10.8. The van der Waals surface area contributed by atoms with Gasteiger partial charge in [-0.25, -0.2) is 0 Å². The van der Waals surface area contributed by atoms with Crippen LogP contribution in [0.5, 0.6) is 0 Å². The summed E-state index contributed by atoms with van der Waals surface area (Å²) in [6.45, 7) is 0.593. The zero-order valence-electron chi connectivity index (χ0n) is 8.72. The molecule has 2 rings (SSSR count). The van der Waals surface area contributed by atoms with Crippen molar-refractivity contribution in [2.45, 2.75) is 38.1 Å². The van der Waals surface area contributed by atoms with Crippen molar-refractivity contribution in [1.82, 2.24) is 4.90 Å². The normalized spacial score (nSPS) is 21.5. The van der Waals surface area contributed by atoms with Gasteiger partial charge in [-0.3, -0.25) is 4.79 Å². The van der Waals surface area contributed by atoms with E-state index in [1.54, 1.807) is 0 Å². The number of oxime groups is 1. The molecule has 0 atom stereocenters. The number of amides is 1. The maximum absolute atomic E-state index is 11.9. The highest BCUT2D eigenvalue weighted by atomic mass is 16.4. The van der Waals surface area contributed by atoms with E-state index in [-0.39, 0.29) is 17.7 Å². The minimum absolute atomic E-state index is 0.198. The molecule has 0 heterocycles. The van der Waals surface area contributed by atoms with Gasteiger partial charge in [0.05, 0.1) is 0 Å². The maximum atomic E-state index is 11.9. The van der Waals surface area contributed by atoms with Gasteiger partial charge in [0.25, 0.3) is 0 Å². The molecule has 5 heteroatoms. The van der Waals surface area contributed by atoms with Gasteiger partial charge in [0.15, 0.2) is 0 Å². The van der Waals surface area contributed by atoms with Crippen molar-refractivity contribution in [2.24, 2.45) is 16.8 Å². The first kappa shape index (κ1) is 10.3. The number of nitrogens with zero attached hydrogens (tertiary/aromatic N) is 2. The van der Waals surface area contributed by atoms with E-state index in [2.05, 4.69) is 5.16 Å². The fourth-order valence-electron chi connectivity index (χ4n) is 1.71. The topological polar surface area (TPSA) is 78.9 Å². The summed E-state index contributed by atoms with van der Waals surface area (Å²) in [6.07, 6.45) is 4.74. The summed E-state index contributed by atoms with van der Waals surface area (Å²) in [5.41, 5.74) is 5.40. The minimum Gasteiger partial charge on any atom is -0.409 e. The summed E-state index contributed by atoms with van der Waals surface area (Å²) < 4.78 is 0. The molecule has 2 aliphatic rings. The zero-order valence-corrected chi connectivity index (χ0v) is 8.72. The second kappa shape index (κ2) is 4.08. The Labute approximate surface area is 88.9 Å². The van der Waals surface area contributed by atoms with Gasteiger partial charge in [-0.15, -0.1) is 0 Å². The lowest BCUT2D eigenvalue weighted by molar-refractivity contribution is -0.133. The largest absolute Gasteiger partial charge is 0.409 e.